The van der Waals surface area contributed by atoms with E-state index < -0.39 is 0 Å². The van der Waals surface area contributed by atoms with Crippen molar-refractivity contribution in [2.75, 3.05) is 0 Å². The van der Waals surface area contributed by atoms with Gasteiger partial charge in [0, 0.05) is 18.3 Å². The van der Waals surface area contributed by atoms with Crippen LogP contribution in [0.4, 0.5) is 0 Å². The summed E-state index contributed by atoms with van der Waals surface area (Å²) in [5.74, 6) is 0.890. The van der Waals surface area contributed by atoms with Crippen molar-refractivity contribution in [1.82, 2.24) is 15.5 Å². The molecule has 0 saturated heterocycles. The zero-order chi connectivity index (χ0) is 9.97. The average molecular weight is 193 g/mol. The summed E-state index contributed by atoms with van der Waals surface area (Å²) < 4.78 is 0. The largest absolute Gasteiger partial charge is 0.306 e. The average Bonchev–Trinajstić information content (AvgIpc) is 2.75. The maximum Gasteiger partial charge on any atom is 0.0518 e. The van der Waals surface area contributed by atoms with Crippen molar-refractivity contribution in [3.8, 4) is 0 Å². The molecular formula is C11H19N3. The van der Waals surface area contributed by atoms with Crippen LogP contribution in [0.15, 0.2) is 12.3 Å². The Morgan fingerprint density at radius 2 is 2.43 bits per heavy atom. The van der Waals surface area contributed by atoms with Crippen molar-refractivity contribution in [3.05, 3.63) is 18.0 Å². The summed E-state index contributed by atoms with van der Waals surface area (Å²) in [5.41, 5.74) is 1.18. The molecule has 14 heavy (non-hydrogen) atoms. The highest BCUT2D eigenvalue weighted by molar-refractivity contribution is 5.03. The number of aromatic amines is 1. The Bertz CT molecular complexity index is 268. The predicted molar refractivity (Wildman–Crippen MR) is 56.9 cm³/mol. The lowest BCUT2D eigenvalue weighted by Crippen LogP contribution is -2.29. The number of aromatic nitrogens is 2. The number of hydrogen-bond donors (Lipinski definition) is 2. The third-order valence-corrected chi connectivity index (χ3v) is 3.17. The van der Waals surface area contributed by atoms with E-state index in [1.807, 2.05) is 12.3 Å². The van der Waals surface area contributed by atoms with Gasteiger partial charge >= 0.3 is 0 Å². The van der Waals surface area contributed by atoms with Crippen molar-refractivity contribution in [1.29, 1.82) is 0 Å². The second-order valence-electron chi connectivity index (χ2n) is 4.52. The van der Waals surface area contributed by atoms with E-state index in [9.17, 15) is 0 Å². The second kappa shape index (κ2) is 4.13. The van der Waals surface area contributed by atoms with Crippen LogP contribution >= 0.6 is 0 Å². The number of hydrogen-bond acceptors (Lipinski definition) is 2. The molecule has 1 aliphatic rings. The molecule has 2 N–H and O–H groups in total. The van der Waals surface area contributed by atoms with Gasteiger partial charge in [-0.2, -0.15) is 5.10 Å². The van der Waals surface area contributed by atoms with E-state index in [2.05, 4.69) is 29.4 Å². The topological polar surface area (TPSA) is 40.7 Å². The van der Waals surface area contributed by atoms with Crippen LogP contribution in [-0.4, -0.2) is 16.2 Å². The molecule has 1 aliphatic carbocycles. The molecule has 0 aromatic carbocycles. The first-order valence-corrected chi connectivity index (χ1v) is 5.51. The van der Waals surface area contributed by atoms with Crippen LogP contribution in [-0.2, 0) is 0 Å². The van der Waals surface area contributed by atoms with Crippen molar-refractivity contribution in [2.45, 2.75) is 45.2 Å². The summed E-state index contributed by atoms with van der Waals surface area (Å²) in [6.07, 6.45) is 5.82. The highest BCUT2D eigenvalue weighted by Gasteiger charge is 2.22. The molecule has 0 spiro atoms. The molecule has 0 radical (unpaired) electrons. The van der Waals surface area contributed by atoms with Crippen LogP contribution in [0.3, 0.4) is 0 Å². The van der Waals surface area contributed by atoms with Gasteiger partial charge in [-0.15, -0.1) is 0 Å². The summed E-state index contributed by atoms with van der Waals surface area (Å²) in [6.45, 7) is 4.53. The van der Waals surface area contributed by atoms with Gasteiger partial charge in [0.1, 0.15) is 0 Å². The molecule has 78 valence electrons. The summed E-state index contributed by atoms with van der Waals surface area (Å²) in [4.78, 5) is 0. The van der Waals surface area contributed by atoms with Crippen LogP contribution in [0.2, 0.25) is 0 Å². The van der Waals surface area contributed by atoms with Crippen LogP contribution in [0.5, 0.6) is 0 Å². The van der Waals surface area contributed by atoms with E-state index >= 15 is 0 Å². The molecule has 1 fully saturated rings. The molecule has 2 rings (SSSR count). The third-order valence-electron chi connectivity index (χ3n) is 3.17. The Labute approximate surface area is 85.3 Å². The van der Waals surface area contributed by atoms with E-state index in [1.165, 1.54) is 25.0 Å². The number of H-pyrrole nitrogens is 1. The van der Waals surface area contributed by atoms with Gasteiger partial charge in [-0.3, -0.25) is 5.10 Å². The lowest BCUT2D eigenvalue weighted by Gasteiger charge is -2.18. The van der Waals surface area contributed by atoms with Gasteiger partial charge in [-0.1, -0.05) is 6.92 Å². The van der Waals surface area contributed by atoms with Crippen LogP contribution in [0.1, 0.15) is 44.8 Å². The molecule has 1 aromatic heterocycles. The Hall–Kier alpha value is -0.830. The maximum atomic E-state index is 3.97. The van der Waals surface area contributed by atoms with E-state index in [-0.39, 0.29) is 0 Å². The molecule has 1 saturated carbocycles. The molecule has 1 aromatic rings. The van der Waals surface area contributed by atoms with Crippen molar-refractivity contribution < 1.29 is 0 Å². The minimum absolute atomic E-state index is 0.396. The normalized spacial score (nSPS) is 29.3. The van der Waals surface area contributed by atoms with E-state index in [0.717, 1.165) is 5.92 Å². The monoisotopic (exact) mass is 193 g/mol. The Kier molecular flexibility index (Phi) is 2.87. The minimum Gasteiger partial charge on any atom is -0.306 e. The smallest absolute Gasteiger partial charge is 0.0518 e. The quantitative estimate of drug-likeness (QED) is 0.773. The van der Waals surface area contributed by atoms with Crippen LogP contribution in [0.25, 0.3) is 0 Å². The lowest BCUT2D eigenvalue weighted by molar-refractivity contribution is 0.443. The Morgan fingerprint density at radius 1 is 1.57 bits per heavy atom. The number of nitrogens with zero attached hydrogens (tertiary/aromatic N) is 1. The summed E-state index contributed by atoms with van der Waals surface area (Å²) in [6, 6.07) is 3.13. The van der Waals surface area contributed by atoms with Gasteiger partial charge < -0.3 is 5.32 Å². The van der Waals surface area contributed by atoms with Gasteiger partial charge in [-0.25, -0.2) is 0 Å². The van der Waals surface area contributed by atoms with Crippen molar-refractivity contribution >= 4 is 0 Å². The van der Waals surface area contributed by atoms with Crippen molar-refractivity contribution in [2.24, 2.45) is 5.92 Å². The lowest BCUT2D eigenvalue weighted by atomic mass is 10.1. The Morgan fingerprint density at radius 3 is 3.00 bits per heavy atom. The number of rotatable bonds is 3. The molecule has 3 unspecified atom stereocenters. The standard InChI is InChI=1S/C11H19N3/c1-8-3-4-10(7-8)13-9(2)11-5-6-12-14-11/h5-6,8-10,13H,3-4,7H2,1-2H3,(H,12,14). The highest BCUT2D eigenvalue weighted by Crippen LogP contribution is 2.26. The van der Waals surface area contributed by atoms with Gasteiger partial charge in [0.05, 0.1) is 5.69 Å². The van der Waals surface area contributed by atoms with E-state index in [1.54, 1.807) is 0 Å². The van der Waals surface area contributed by atoms with Crippen LogP contribution in [0, 0.1) is 5.92 Å². The molecule has 0 bridgehead atoms. The molecule has 0 aliphatic heterocycles. The fourth-order valence-corrected chi connectivity index (χ4v) is 2.31. The first-order chi connectivity index (χ1) is 6.75. The maximum absolute atomic E-state index is 3.97. The van der Waals surface area contributed by atoms with Gasteiger partial charge in [0.2, 0.25) is 0 Å². The first kappa shape index (κ1) is 9.71. The predicted octanol–water partition coefficient (Wildman–Crippen LogP) is 2.25. The molecule has 1 heterocycles. The van der Waals surface area contributed by atoms with E-state index in [4.69, 9.17) is 0 Å². The second-order valence-corrected chi connectivity index (χ2v) is 4.52. The summed E-state index contributed by atoms with van der Waals surface area (Å²) in [5, 5.41) is 10.6. The van der Waals surface area contributed by atoms with Crippen LogP contribution < -0.4 is 5.32 Å². The highest BCUT2D eigenvalue weighted by atomic mass is 15.1. The fourth-order valence-electron chi connectivity index (χ4n) is 2.31. The van der Waals surface area contributed by atoms with Gasteiger partial charge in [-0.05, 0) is 38.2 Å². The van der Waals surface area contributed by atoms with Gasteiger partial charge in [0.25, 0.3) is 0 Å². The minimum atomic E-state index is 0.396. The zero-order valence-electron chi connectivity index (χ0n) is 8.96. The SMILES string of the molecule is CC1CCC(NC(C)c2ccn[nH]2)C1. The fraction of sp³-hybridized carbons (Fsp3) is 0.727. The Balaban J connectivity index is 1.86. The van der Waals surface area contributed by atoms with Gasteiger partial charge in [0.15, 0.2) is 0 Å². The molecule has 3 heteroatoms. The third kappa shape index (κ3) is 2.15. The summed E-state index contributed by atoms with van der Waals surface area (Å²) in [7, 11) is 0. The summed E-state index contributed by atoms with van der Waals surface area (Å²) >= 11 is 0. The first-order valence-electron chi connectivity index (χ1n) is 5.51. The molecule has 3 nitrogen and oxygen atoms in total. The molecule has 0 amide bonds. The molecule has 3 atom stereocenters. The zero-order valence-corrected chi connectivity index (χ0v) is 8.96. The van der Waals surface area contributed by atoms with E-state index in [0.29, 0.717) is 12.1 Å². The molecular weight excluding hydrogens is 174 g/mol. The number of nitrogens with one attached hydrogen (secondary N) is 2. The van der Waals surface area contributed by atoms with Crippen molar-refractivity contribution in [3.63, 3.8) is 0 Å².